The summed E-state index contributed by atoms with van der Waals surface area (Å²) in [6, 6.07) is 19.1. The van der Waals surface area contributed by atoms with Gasteiger partial charge in [0.2, 0.25) is 0 Å². The molecule has 0 atom stereocenters. The molecule has 0 aromatic heterocycles. The maximum atomic E-state index is 13.6. The highest BCUT2D eigenvalue weighted by Crippen LogP contribution is 2.71. The fraction of sp³-hybridized carbons (Fsp3) is 0.478. The van der Waals surface area contributed by atoms with Crippen molar-refractivity contribution in [3.8, 4) is 0 Å². The van der Waals surface area contributed by atoms with Crippen molar-refractivity contribution in [3.05, 3.63) is 71.8 Å². The SMILES string of the molecule is CC(C)(c1ccccc1)P1(=O)OCC2(CO1)COP(=O)(C(C)(C)c1ccccc1)OC2. The molecule has 2 aliphatic heterocycles. The third kappa shape index (κ3) is 3.88. The van der Waals surface area contributed by atoms with Crippen LogP contribution in [0.4, 0.5) is 0 Å². The molecule has 2 fully saturated rings. The van der Waals surface area contributed by atoms with Crippen LogP contribution in [0, 0.1) is 5.41 Å². The van der Waals surface area contributed by atoms with Crippen LogP contribution in [0.5, 0.6) is 0 Å². The van der Waals surface area contributed by atoms with E-state index in [9.17, 15) is 9.13 Å². The van der Waals surface area contributed by atoms with Gasteiger partial charge in [-0.1, -0.05) is 60.7 Å². The zero-order valence-corrected chi connectivity index (χ0v) is 20.2. The van der Waals surface area contributed by atoms with Crippen LogP contribution in [-0.2, 0) is 37.5 Å². The smallest absolute Gasteiger partial charge is 0.307 e. The minimum atomic E-state index is -3.42. The van der Waals surface area contributed by atoms with Gasteiger partial charge in [-0.05, 0) is 38.8 Å². The lowest BCUT2D eigenvalue weighted by molar-refractivity contribution is -0.0744. The maximum absolute atomic E-state index is 13.6. The number of hydrogen-bond acceptors (Lipinski definition) is 6. The Bertz CT molecular complexity index is 908. The van der Waals surface area contributed by atoms with Crippen molar-refractivity contribution >= 4 is 15.2 Å². The van der Waals surface area contributed by atoms with E-state index in [0.29, 0.717) is 0 Å². The van der Waals surface area contributed by atoms with Crippen LogP contribution >= 0.6 is 15.2 Å². The quantitative estimate of drug-likeness (QED) is 0.493. The molecule has 4 rings (SSSR count). The number of rotatable bonds is 4. The van der Waals surface area contributed by atoms with Crippen LogP contribution in [0.15, 0.2) is 60.7 Å². The molecule has 2 aromatic rings. The average Bonchev–Trinajstić information content (AvgIpc) is 2.79. The summed E-state index contributed by atoms with van der Waals surface area (Å²) >= 11 is 0. The molecule has 1 spiro atoms. The van der Waals surface area contributed by atoms with Gasteiger partial charge in [0.1, 0.15) is 0 Å². The van der Waals surface area contributed by atoms with Gasteiger partial charge in [-0.15, -0.1) is 0 Å². The van der Waals surface area contributed by atoms with Crippen LogP contribution in [0.1, 0.15) is 38.8 Å². The largest absolute Gasteiger partial charge is 0.340 e. The van der Waals surface area contributed by atoms with Crippen molar-refractivity contribution in [3.63, 3.8) is 0 Å². The fourth-order valence-electron chi connectivity index (χ4n) is 3.87. The van der Waals surface area contributed by atoms with Crippen LogP contribution < -0.4 is 0 Å². The summed E-state index contributed by atoms with van der Waals surface area (Å²) in [6.45, 7) is 8.10. The van der Waals surface area contributed by atoms with Crippen LogP contribution in [-0.4, -0.2) is 26.4 Å². The second kappa shape index (κ2) is 7.95. The summed E-state index contributed by atoms with van der Waals surface area (Å²) in [5.41, 5.74) is 1.14. The summed E-state index contributed by atoms with van der Waals surface area (Å²) in [7, 11) is -6.85. The van der Waals surface area contributed by atoms with E-state index >= 15 is 0 Å². The van der Waals surface area contributed by atoms with Crippen molar-refractivity contribution in [2.75, 3.05) is 26.4 Å². The molecule has 0 aliphatic carbocycles. The van der Waals surface area contributed by atoms with E-state index in [1.54, 1.807) is 0 Å². The first-order valence-corrected chi connectivity index (χ1v) is 13.5. The molecule has 2 heterocycles. The summed E-state index contributed by atoms with van der Waals surface area (Å²) in [6.07, 6.45) is 0. The van der Waals surface area contributed by atoms with E-state index in [0.717, 1.165) is 11.1 Å². The predicted octanol–water partition coefficient (Wildman–Crippen LogP) is 6.32. The van der Waals surface area contributed by atoms with Crippen molar-refractivity contribution in [1.29, 1.82) is 0 Å². The van der Waals surface area contributed by atoms with E-state index in [-0.39, 0.29) is 26.4 Å². The molecule has 6 nitrogen and oxygen atoms in total. The van der Waals surface area contributed by atoms with Crippen LogP contribution in [0.3, 0.4) is 0 Å². The van der Waals surface area contributed by atoms with Crippen LogP contribution in [0.25, 0.3) is 0 Å². The summed E-state index contributed by atoms with van der Waals surface area (Å²) in [5, 5.41) is -1.59. The molecule has 0 saturated carbocycles. The van der Waals surface area contributed by atoms with Crippen molar-refractivity contribution in [2.24, 2.45) is 5.41 Å². The summed E-state index contributed by atoms with van der Waals surface area (Å²) < 4.78 is 50.7. The summed E-state index contributed by atoms with van der Waals surface area (Å²) in [4.78, 5) is 0. The molecular weight excluding hydrogens is 434 g/mol. The van der Waals surface area contributed by atoms with Crippen molar-refractivity contribution in [2.45, 2.75) is 38.0 Å². The average molecular weight is 464 g/mol. The third-order valence-corrected chi connectivity index (χ3v) is 11.6. The first kappa shape index (κ1) is 22.9. The fourth-order valence-corrected chi connectivity index (χ4v) is 8.01. The van der Waals surface area contributed by atoms with E-state index < -0.39 is 30.9 Å². The lowest BCUT2D eigenvalue weighted by Gasteiger charge is -2.48. The van der Waals surface area contributed by atoms with E-state index in [1.165, 1.54) is 0 Å². The van der Waals surface area contributed by atoms with Gasteiger partial charge in [0, 0.05) is 0 Å². The lowest BCUT2D eigenvalue weighted by atomic mass is 9.93. The molecule has 31 heavy (non-hydrogen) atoms. The molecule has 168 valence electrons. The van der Waals surface area contributed by atoms with Gasteiger partial charge >= 0.3 is 15.2 Å². The minimum Gasteiger partial charge on any atom is -0.307 e. The standard InChI is InChI=1S/C23H30O6P2/c1-21(2,19-11-7-5-8-12-19)30(24)26-15-23(16-27-30)17-28-31(25,29-18-23)22(3,4)20-13-9-6-10-14-20/h5-14H,15-18H2,1-4H3. The van der Waals surface area contributed by atoms with Gasteiger partial charge in [-0.25, -0.2) is 0 Å². The highest BCUT2D eigenvalue weighted by atomic mass is 31.2. The van der Waals surface area contributed by atoms with Crippen molar-refractivity contribution < 1.29 is 27.2 Å². The second-order valence-corrected chi connectivity index (χ2v) is 14.7. The Morgan fingerprint density at radius 1 is 0.613 bits per heavy atom. The van der Waals surface area contributed by atoms with E-state index in [1.807, 2.05) is 88.4 Å². The Morgan fingerprint density at radius 2 is 0.903 bits per heavy atom. The number of benzene rings is 2. The molecule has 8 heteroatoms. The third-order valence-electron chi connectivity index (χ3n) is 6.49. The summed E-state index contributed by atoms with van der Waals surface area (Å²) in [5.74, 6) is 0. The second-order valence-electron chi connectivity index (χ2n) is 9.44. The van der Waals surface area contributed by atoms with Crippen molar-refractivity contribution in [1.82, 2.24) is 0 Å². The molecule has 0 N–H and O–H groups in total. The van der Waals surface area contributed by atoms with Gasteiger partial charge < -0.3 is 18.1 Å². The molecule has 0 unspecified atom stereocenters. The van der Waals surface area contributed by atoms with Crippen LogP contribution in [0.2, 0.25) is 0 Å². The normalized spacial score (nSPS) is 32.1. The van der Waals surface area contributed by atoms with Gasteiger partial charge in [-0.3, -0.25) is 9.13 Å². The molecular formula is C23H30O6P2. The van der Waals surface area contributed by atoms with Gasteiger partial charge in [0.15, 0.2) is 0 Å². The number of hydrogen-bond donors (Lipinski definition) is 0. The van der Waals surface area contributed by atoms with Gasteiger partial charge in [-0.2, -0.15) is 0 Å². The monoisotopic (exact) mass is 464 g/mol. The predicted molar refractivity (Wildman–Crippen MR) is 120 cm³/mol. The highest BCUT2D eigenvalue weighted by Gasteiger charge is 2.56. The molecule has 2 saturated heterocycles. The van der Waals surface area contributed by atoms with Gasteiger partial charge in [0.05, 0.1) is 42.2 Å². The molecule has 0 radical (unpaired) electrons. The zero-order valence-electron chi connectivity index (χ0n) is 18.4. The lowest BCUT2D eigenvalue weighted by Crippen LogP contribution is -2.48. The molecule has 0 amide bonds. The Labute approximate surface area is 184 Å². The highest BCUT2D eigenvalue weighted by molar-refractivity contribution is 7.55. The minimum absolute atomic E-state index is 0.159. The Kier molecular flexibility index (Phi) is 5.88. The first-order chi connectivity index (χ1) is 14.5. The first-order valence-electron chi connectivity index (χ1n) is 10.4. The molecule has 0 bridgehead atoms. The van der Waals surface area contributed by atoms with E-state index in [2.05, 4.69) is 0 Å². The Hall–Kier alpha value is -1.26. The topological polar surface area (TPSA) is 71.1 Å². The van der Waals surface area contributed by atoms with E-state index in [4.69, 9.17) is 18.1 Å². The zero-order chi connectivity index (χ0) is 22.4. The Morgan fingerprint density at radius 3 is 1.19 bits per heavy atom. The molecule has 2 aromatic carbocycles. The maximum Gasteiger partial charge on any atom is 0.340 e. The van der Waals surface area contributed by atoms with Gasteiger partial charge in [0.25, 0.3) is 0 Å². The molecule has 2 aliphatic rings. The Balaban J connectivity index is 1.47.